The maximum atomic E-state index is 6.23. The van der Waals surface area contributed by atoms with E-state index in [1.54, 1.807) is 0 Å². The molecule has 41 heavy (non-hydrogen) atoms. The van der Waals surface area contributed by atoms with Crippen molar-refractivity contribution in [3.8, 4) is 44.9 Å². The maximum Gasteiger partial charge on any atom is 0.130 e. The minimum Gasteiger partial charge on any atom is -0.457 e. The Morgan fingerprint density at radius 3 is 1.34 bits per heavy atom. The van der Waals surface area contributed by atoms with E-state index in [0.717, 1.165) is 22.6 Å². The number of hydrogen-bond donors (Lipinski definition) is 0. The Hall–Kier alpha value is -5.14. The van der Waals surface area contributed by atoms with Crippen LogP contribution in [0.2, 0.25) is 0 Å². The second-order valence-corrected chi connectivity index (χ2v) is 10.6. The number of hydrogen-bond acceptors (Lipinski definition) is 1. The molecule has 0 N–H and O–H groups in total. The smallest absolute Gasteiger partial charge is 0.130 e. The fourth-order valence-electron chi connectivity index (χ4n) is 5.92. The van der Waals surface area contributed by atoms with Gasteiger partial charge < -0.3 is 4.74 Å². The Bertz CT molecular complexity index is 1960. The molecule has 7 aromatic carbocycles. The van der Waals surface area contributed by atoms with Crippen LogP contribution in [0, 0.1) is 13.8 Å². The van der Waals surface area contributed by atoms with E-state index in [2.05, 4.69) is 141 Å². The van der Waals surface area contributed by atoms with Crippen molar-refractivity contribution in [2.45, 2.75) is 13.8 Å². The lowest BCUT2D eigenvalue weighted by molar-refractivity contribution is 0.475. The molecule has 0 aliphatic rings. The molecule has 1 nitrogen and oxygen atoms in total. The zero-order valence-corrected chi connectivity index (χ0v) is 23.3. The molecule has 0 atom stereocenters. The Kier molecular flexibility index (Phi) is 6.34. The summed E-state index contributed by atoms with van der Waals surface area (Å²) in [5, 5.41) is 5.09. The highest BCUT2D eigenvalue weighted by Gasteiger charge is 2.16. The van der Waals surface area contributed by atoms with Crippen molar-refractivity contribution in [3.63, 3.8) is 0 Å². The highest BCUT2D eigenvalue weighted by molar-refractivity contribution is 6.21. The molecule has 0 aliphatic heterocycles. The Morgan fingerprint density at radius 2 is 0.780 bits per heavy atom. The molecule has 0 bridgehead atoms. The molecule has 0 amide bonds. The van der Waals surface area contributed by atoms with Crippen LogP contribution in [0.1, 0.15) is 11.1 Å². The first kappa shape index (κ1) is 24.9. The number of rotatable bonds is 5. The molecule has 0 fully saturated rings. The number of benzene rings is 7. The molecule has 7 aromatic rings. The second-order valence-electron chi connectivity index (χ2n) is 10.6. The first-order chi connectivity index (χ1) is 20.2. The van der Waals surface area contributed by atoms with Crippen molar-refractivity contribution in [1.82, 2.24) is 0 Å². The molecule has 0 aromatic heterocycles. The normalized spacial score (nSPS) is 11.2. The number of ether oxygens (including phenoxy) is 1. The van der Waals surface area contributed by atoms with Gasteiger partial charge in [-0.05, 0) is 98.1 Å². The van der Waals surface area contributed by atoms with Crippen molar-refractivity contribution >= 4 is 21.5 Å². The molecule has 1 heteroatoms. The molecule has 0 unspecified atom stereocenters. The van der Waals surface area contributed by atoms with Gasteiger partial charge in [-0.15, -0.1) is 0 Å². The van der Waals surface area contributed by atoms with Gasteiger partial charge in [0.15, 0.2) is 0 Å². The summed E-state index contributed by atoms with van der Waals surface area (Å²) in [6.45, 7) is 4.18. The van der Waals surface area contributed by atoms with Gasteiger partial charge >= 0.3 is 0 Å². The molecule has 0 saturated heterocycles. The number of para-hydroxylation sites is 1. The molecule has 0 saturated carbocycles. The largest absolute Gasteiger partial charge is 0.457 e. The average molecular weight is 527 g/mol. The summed E-state index contributed by atoms with van der Waals surface area (Å²) in [6, 6.07) is 51.9. The van der Waals surface area contributed by atoms with Gasteiger partial charge in [0.05, 0.1) is 0 Å². The molecule has 7 rings (SSSR count). The van der Waals surface area contributed by atoms with Crippen LogP contribution in [0.15, 0.2) is 146 Å². The fraction of sp³-hybridized carbons (Fsp3) is 0.0500. The van der Waals surface area contributed by atoms with E-state index < -0.39 is 0 Å². The van der Waals surface area contributed by atoms with Crippen molar-refractivity contribution in [1.29, 1.82) is 0 Å². The minimum atomic E-state index is 0.885. The number of aryl methyl sites for hydroxylation is 2. The Morgan fingerprint density at radius 1 is 0.341 bits per heavy atom. The third-order valence-corrected chi connectivity index (χ3v) is 7.99. The van der Waals surface area contributed by atoms with Crippen LogP contribution in [0.4, 0.5) is 0 Å². The van der Waals surface area contributed by atoms with Gasteiger partial charge in [-0.3, -0.25) is 0 Å². The van der Waals surface area contributed by atoms with Crippen molar-refractivity contribution in [2.75, 3.05) is 0 Å². The van der Waals surface area contributed by atoms with E-state index in [4.69, 9.17) is 4.74 Å². The summed E-state index contributed by atoms with van der Waals surface area (Å²) in [5.74, 6) is 1.78. The van der Waals surface area contributed by atoms with Gasteiger partial charge in [0.25, 0.3) is 0 Å². The average Bonchev–Trinajstić information content (AvgIpc) is 3.02. The van der Waals surface area contributed by atoms with Gasteiger partial charge in [-0.1, -0.05) is 127 Å². The summed E-state index contributed by atoms with van der Waals surface area (Å²) in [4.78, 5) is 0. The first-order valence-corrected chi connectivity index (χ1v) is 14.1. The van der Waals surface area contributed by atoms with Gasteiger partial charge in [0.1, 0.15) is 11.5 Å². The zero-order valence-electron chi connectivity index (χ0n) is 23.3. The summed E-state index contributed by atoms with van der Waals surface area (Å²) >= 11 is 0. The molecule has 196 valence electrons. The Balaban J connectivity index is 1.31. The van der Waals surface area contributed by atoms with Crippen LogP contribution in [0.3, 0.4) is 0 Å². The monoisotopic (exact) mass is 526 g/mol. The summed E-state index contributed by atoms with van der Waals surface area (Å²) in [7, 11) is 0. The van der Waals surface area contributed by atoms with Crippen LogP contribution in [0.5, 0.6) is 11.5 Å². The fourth-order valence-corrected chi connectivity index (χ4v) is 5.92. The van der Waals surface area contributed by atoms with E-state index in [9.17, 15) is 0 Å². The van der Waals surface area contributed by atoms with Crippen molar-refractivity contribution in [3.05, 3.63) is 157 Å². The van der Waals surface area contributed by atoms with Gasteiger partial charge in [0.2, 0.25) is 0 Å². The molecular formula is C40H30O. The van der Waals surface area contributed by atoms with Crippen LogP contribution >= 0.6 is 0 Å². The highest BCUT2D eigenvalue weighted by atomic mass is 16.5. The van der Waals surface area contributed by atoms with E-state index in [-0.39, 0.29) is 0 Å². The topological polar surface area (TPSA) is 9.23 Å². The van der Waals surface area contributed by atoms with Crippen LogP contribution in [-0.2, 0) is 0 Å². The van der Waals surface area contributed by atoms with E-state index in [1.165, 1.54) is 54.9 Å². The minimum absolute atomic E-state index is 0.885. The third-order valence-electron chi connectivity index (χ3n) is 7.99. The highest BCUT2D eigenvalue weighted by Crippen LogP contribution is 2.43. The van der Waals surface area contributed by atoms with Crippen LogP contribution < -0.4 is 4.74 Å². The van der Waals surface area contributed by atoms with Crippen molar-refractivity contribution in [2.24, 2.45) is 0 Å². The molecule has 0 aliphatic carbocycles. The number of fused-ring (bicyclic) bond motifs is 2. The molecule has 0 radical (unpaired) electrons. The molecular weight excluding hydrogens is 496 g/mol. The maximum absolute atomic E-state index is 6.23. The zero-order chi connectivity index (χ0) is 27.8. The third kappa shape index (κ3) is 4.56. The summed E-state index contributed by atoms with van der Waals surface area (Å²) < 4.78 is 6.23. The van der Waals surface area contributed by atoms with Crippen molar-refractivity contribution < 1.29 is 4.74 Å². The lowest BCUT2D eigenvalue weighted by Crippen LogP contribution is -1.91. The Labute approximate surface area is 241 Å². The molecule has 0 spiro atoms. The van der Waals surface area contributed by atoms with E-state index in [0.29, 0.717) is 0 Å². The summed E-state index contributed by atoms with van der Waals surface area (Å²) in [5.41, 5.74) is 9.64. The second kappa shape index (κ2) is 10.4. The quantitative estimate of drug-likeness (QED) is 0.203. The first-order valence-electron chi connectivity index (χ1n) is 14.1. The summed E-state index contributed by atoms with van der Waals surface area (Å²) in [6.07, 6.45) is 0. The lowest BCUT2D eigenvalue weighted by atomic mass is 9.86. The van der Waals surface area contributed by atoms with Gasteiger partial charge in [-0.25, -0.2) is 0 Å². The predicted octanol–water partition coefficient (Wildman–Crippen LogP) is 11.4. The van der Waals surface area contributed by atoms with E-state index >= 15 is 0 Å². The predicted molar refractivity (Wildman–Crippen MR) is 174 cm³/mol. The standard InChI is InChI=1S/C40H30O/c1-27-12-6-11-19-37(27)41-38-25-24-32(26-28(38)2)29-20-22-31(23-21-29)40-35-17-9-7-15-33(35)39(30-13-4-3-5-14-30)34-16-8-10-18-36(34)40/h3-26H,1-2H3. The van der Waals surface area contributed by atoms with Crippen LogP contribution in [0.25, 0.3) is 54.9 Å². The van der Waals surface area contributed by atoms with Gasteiger partial charge in [0, 0.05) is 0 Å². The molecule has 0 heterocycles. The van der Waals surface area contributed by atoms with Crippen LogP contribution in [-0.4, -0.2) is 0 Å². The lowest BCUT2D eigenvalue weighted by Gasteiger charge is -2.18. The van der Waals surface area contributed by atoms with Gasteiger partial charge in [-0.2, -0.15) is 0 Å². The SMILES string of the molecule is Cc1ccccc1Oc1ccc(-c2ccc(-c3c4ccccc4c(-c4ccccc4)c4ccccc34)cc2)cc1C. The van der Waals surface area contributed by atoms with E-state index in [1.807, 2.05) is 18.2 Å².